The van der Waals surface area contributed by atoms with Crippen LogP contribution in [0, 0.1) is 5.82 Å². The molecule has 2 aromatic rings. The summed E-state index contributed by atoms with van der Waals surface area (Å²) in [5, 5.41) is 0. The van der Waals surface area contributed by atoms with Crippen LogP contribution < -0.4 is 5.73 Å². The van der Waals surface area contributed by atoms with E-state index < -0.39 is 0 Å². The molecule has 24 heavy (non-hydrogen) atoms. The second-order valence-corrected chi connectivity index (χ2v) is 5.05. The molecule has 0 radical (unpaired) electrons. The number of nitrogen functional groups attached to an aromatic ring is 1. The van der Waals surface area contributed by atoms with Crippen LogP contribution in [0.5, 0.6) is 0 Å². The molecule has 1 aromatic carbocycles. The SMILES string of the molecule is COCCN(Cc1ccccc1F)C(=O)/C=C/c1cnc(N)nc1. The summed E-state index contributed by atoms with van der Waals surface area (Å²) >= 11 is 0. The minimum absolute atomic E-state index is 0.164. The number of halogens is 1. The van der Waals surface area contributed by atoms with Gasteiger partial charge in [-0.1, -0.05) is 18.2 Å². The van der Waals surface area contributed by atoms with Gasteiger partial charge in [-0.2, -0.15) is 0 Å². The lowest BCUT2D eigenvalue weighted by Gasteiger charge is -2.21. The van der Waals surface area contributed by atoms with Crippen LogP contribution in [0.3, 0.4) is 0 Å². The summed E-state index contributed by atoms with van der Waals surface area (Å²) in [5.41, 5.74) is 6.51. The Morgan fingerprint density at radius 1 is 1.33 bits per heavy atom. The number of amides is 1. The molecule has 0 aliphatic rings. The van der Waals surface area contributed by atoms with Crippen molar-refractivity contribution in [2.24, 2.45) is 0 Å². The van der Waals surface area contributed by atoms with Crippen molar-refractivity contribution in [1.29, 1.82) is 0 Å². The number of hydrogen-bond acceptors (Lipinski definition) is 5. The van der Waals surface area contributed by atoms with Gasteiger partial charge in [0.1, 0.15) is 5.82 Å². The van der Waals surface area contributed by atoms with Crippen LogP contribution in [0.2, 0.25) is 0 Å². The van der Waals surface area contributed by atoms with Gasteiger partial charge >= 0.3 is 0 Å². The maximum absolute atomic E-state index is 13.8. The third kappa shape index (κ3) is 5.13. The summed E-state index contributed by atoms with van der Waals surface area (Å²) in [5.74, 6) is -0.435. The summed E-state index contributed by atoms with van der Waals surface area (Å²) in [4.78, 5) is 21.6. The molecule has 0 saturated heterocycles. The fraction of sp³-hybridized carbons (Fsp3) is 0.235. The molecule has 0 saturated carbocycles. The summed E-state index contributed by atoms with van der Waals surface area (Å²) in [6.45, 7) is 0.878. The Kier molecular flexibility index (Phi) is 6.39. The van der Waals surface area contributed by atoms with Gasteiger partial charge in [-0.25, -0.2) is 14.4 Å². The van der Waals surface area contributed by atoms with Crippen LogP contribution in [0.15, 0.2) is 42.7 Å². The Balaban J connectivity index is 2.09. The molecular weight excluding hydrogens is 311 g/mol. The normalized spacial score (nSPS) is 10.9. The number of aromatic nitrogens is 2. The zero-order valence-electron chi connectivity index (χ0n) is 13.4. The molecule has 1 heterocycles. The van der Waals surface area contributed by atoms with Gasteiger partial charge in [-0.05, 0) is 12.1 Å². The third-order valence-corrected chi connectivity index (χ3v) is 3.31. The molecule has 6 nitrogen and oxygen atoms in total. The molecule has 0 atom stereocenters. The predicted molar refractivity (Wildman–Crippen MR) is 89.2 cm³/mol. The number of carbonyl (C=O) groups excluding carboxylic acids is 1. The number of rotatable bonds is 7. The van der Waals surface area contributed by atoms with Gasteiger partial charge < -0.3 is 15.4 Å². The standard InChI is InChI=1S/C17H19FN4O2/c1-24-9-8-22(12-14-4-2-3-5-15(14)18)16(23)7-6-13-10-20-17(19)21-11-13/h2-7,10-11H,8-9,12H2,1H3,(H2,19,20,21)/b7-6+. The molecule has 1 aromatic heterocycles. The van der Waals surface area contributed by atoms with Crippen molar-refractivity contribution in [3.05, 3.63) is 59.7 Å². The van der Waals surface area contributed by atoms with E-state index in [0.717, 1.165) is 0 Å². The molecule has 0 aliphatic carbocycles. The fourth-order valence-corrected chi connectivity index (χ4v) is 2.01. The number of nitrogens with two attached hydrogens (primary N) is 1. The first kappa shape index (κ1) is 17.6. The van der Waals surface area contributed by atoms with E-state index in [0.29, 0.717) is 24.3 Å². The minimum atomic E-state index is -0.344. The Morgan fingerprint density at radius 2 is 2.04 bits per heavy atom. The Labute approximate surface area is 139 Å². The summed E-state index contributed by atoms with van der Waals surface area (Å²) in [6, 6.07) is 6.37. The summed E-state index contributed by atoms with van der Waals surface area (Å²) in [7, 11) is 1.55. The number of benzene rings is 1. The van der Waals surface area contributed by atoms with Gasteiger partial charge in [0.2, 0.25) is 11.9 Å². The number of nitrogens with zero attached hydrogens (tertiary/aromatic N) is 3. The molecule has 0 fully saturated rings. The molecule has 0 spiro atoms. The summed E-state index contributed by atoms with van der Waals surface area (Å²) < 4.78 is 18.8. The maximum atomic E-state index is 13.8. The van der Waals surface area contributed by atoms with E-state index in [2.05, 4.69) is 9.97 Å². The number of ether oxygens (including phenoxy) is 1. The first-order valence-corrected chi connectivity index (χ1v) is 7.37. The highest BCUT2D eigenvalue weighted by molar-refractivity contribution is 5.91. The van der Waals surface area contributed by atoms with Crippen LogP contribution in [0.1, 0.15) is 11.1 Å². The second kappa shape index (κ2) is 8.73. The smallest absolute Gasteiger partial charge is 0.246 e. The van der Waals surface area contributed by atoms with E-state index in [1.54, 1.807) is 31.4 Å². The topological polar surface area (TPSA) is 81.3 Å². The van der Waals surface area contributed by atoms with Gasteiger partial charge in [-0.15, -0.1) is 0 Å². The lowest BCUT2D eigenvalue weighted by molar-refractivity contribution is -0.127. The van der Waals surface area contributed by atoms with Crippen LogP contribution >= 0.6 is 0 Å². The monoisotopic (exact) mass is 330 g/mol. The molecule has 126 valence electrons. The summed E-state index contributed by atoms with van der Waals surface area (Å²) in [6.07, 6.45) is 6.01. The molecular formula is C17H19FN4O2. The van der Waals surface area contributed by atoms with Gasteiger partial charge in [0, 0.05) is 49.8 Å². The van der Waals surface area contributed by atoms with Crippen LogP contribution in [-0.2, 0) is 16.1 Å². The van der Waals surface area contributed by atoms with Crippen molar-refractivity contribution in [1.82, 2.24) is 14.9 Å². The Hall–Kier alpha value is -2.80. The van der Waals surface area contributed by atoms with Crippen molar-refractivity contribution < 1.29 is 13.9 Å². The van der Waals surface area contributed by atoms with E-state index in [9.17, 15) is 9.18 Å². The molecule has 0 aliphatic heterocycles. The average molecular weight is 330 g/mol. The van der Waals surface area contributed by atoms with Crippen molar-refractivity contribution >= 4 is 17.9 Å². The van der Waals surface area contributed by atoms with E-state index >= 15 is 0 Å². The highest BCUT2D eigenvalue weighted by atomic mass is 19.1. The van der Waals surface area contributed by atoms with E-state index in [4.69, 9.17) is 10.5 Å². The number of carbonyl (C=O) groups is 1. The lowest BCUT2D eigenvalue weighted by atomic mass is 10.2. The molecule has 7 heteroatoms. The first-order chi connectivity index (χ1) is 11.6. The predicted octanol–water partition coefficient (Wildman–Crippen LogP) is 1.89. The minimum Gasteiger partial charge on any atom is -0.383 e. The zero-order valence-corrected chi connectivity index (χ0v) is 13.4. The average Bonchev–Trinajstić information content (AvgIpc) is 2.59. The molecule has 1 amide bonds. The largest absolute Gasteiger partial charge is 0.383 e. The highest BCUT2D eigenvalue weighted by Gasteiger charge is 2.13. The second-order valence-electron chi connectivity index (χ2n) is 5.05. The number of anilines is 1. The Morgan fingerprint density at radius 3 is 2.71 bits per heavy atom. The van der Waals surface area contributed by atoms with E-state index in [-0.39, 0.29) is 24.2 Å². The van der Waals surface area contributed by atoms with E-state index in [1.807, 2.05) is 0 Å². The first-order valence-electron chi connectivity index (χ1n) is 7.37. The molecule has 0 unspecified atom stereocenters. The van der Waals surface area contributed by atoms with Crippen molar-refractivity contribution in [3.63, 3.8) is 0 Å². The van der Waals surface area contributed by atoms with Gasteiger partial charge in [-0.3, -0.25) is 4.79 Å². The van der Waals surface area contributed by atoms with Crippen LogP contribution in [0.4, 0.5) is 10.3 Å². The Bertz CT molecular complexity index is 704. The maximum Gasteiger partial charge on any atom is 0.246 e. The lowest BCUT2D eigenvalue weighted by Crippen LogP contribution is -2.32. The third-order valence-electron chi connectivity index (χ3n) is 3.31. The molecule has 2 N–H and O–H groups in total. The van der Waals surface area contributed by atoms with Crippen molar-refractivity contribution in [2.45, 2.75) is 6.54 Å². The molecule has 2 rings (SSSR count). The number of hydrogen-bond donors (Lipinski definition) is 1. The number of methoxy groups -OCH3 is 1. The van der Waals surface area contributed by atoms with E-state index in [1.165, 1.54) is 29.4 Å². The quantitative estimate of drug-likeness (QED) is 0.784. The van der Waals surface area contributed by atoms with Crippen molar-refractivity contribution in [3.8, 4) is 0 Å². The van der Waals surface area contributed by atoms with Crippen LogP contribution in [-0.4, -0.2) is 41.0 Å². The zero-order chi connectivity index (χ0) is 17.4. The molecule has 0 bridgehead atoms. The highest BCUT2D eigenvalue weighted by Crippen LogP contribution is 2.11. The van der Waals surface area contributed by atoms with Gasteiger partial charge in [0.15, 0.2) is 0 Å². The fourth-order valence-electron chi connectivity index (χ4n) is 2.01. The van der Waals surface area contributed by atoms with Gasteiger partial charge in [0.25, 0.3) is 0 Å². The van der Waals surface area contributed by atoms with Crippen LogP contribution in [0.25, 0.3) is 6.08 Å². The van der Waals surface area contributed by atoms with Crippen molar-refractivity contribution in [2.75, 3.05) is 26.0 Å². The van der Waals surface area contributed by atoms with Gasteiger partial charge in [0.05, 0.1) is 6.61 Å².